The summed E-state index contributed by atoms with van der Waals surface area (Å²) in [5, 5.41) is 7.53. The number of anilines is 1. The molecule has 10 nitrogen and oxygen atoms in total. The van der Waals surface area contributed by atoms with Crippen molar-refractivity contribution in [1.29, 1.82) is 0 Å². The van der Waals surface area contributed by atoms with E-state index in [4.69, 9.17) is 9.26 Å². The van der Waals surface area contributed by atoms with E-state index in [9.17, 15) is 4.79 Å². The summed E-state index contributed by atoms with van der Waals surface area (Å²) in [5.74, 6) is 3.55. The van der Waals surface area contributed by atoms with Gasteiger partial charge in [-0.05, 0) is 41.6 Å². The standard InChI is InChI=1S/C24H31N7O3/c1-29(21-16-31-14-11-25-20(31)15-26-21)23(32)8-7-22-27-24(28-34-22)30-12-9-18(10-13-30)17-3-5-19(33-2)6-4-17/h3-6,11,14,18,21,26H,7-10,12-13,15-16H2,1-2H3. The number of rotatable bonds is 7. The van der Waals surface area contributed by atoms with Crippen molar-refractivity contribution in [3.05, 3.63) is 53.9 Å². The molecule has 2 aliphatic heterocycles. The van der Waals surface area contributed by atoms with Crippen LogP contribution in [0.1, 0.15) is 42.5 Å². The number of nitrogens with one attached hydrogen (secondary N) is 1. The molecule has 2 aliphatic rings. The number of methoxy groups -OCH3 is 1. The van der Waals surface area contributed by atoms with Crippen LogP contribution in [0.25, 0.3) is 0 Å². The Kier molecular flexibility index (Phi) is 6.48. The number of hydrogen-bond donors (Lipinski definition) is 1. The third kappa shape index (κ3) is 4.77. The highest BCUT2D eigenvalue weighted by atomic mass is 16.5. The van der Waals surface area contributed by atoms with Crippen LogP contribution < -0.4 is 15.0 Å². The normalized spacial score (nSPS) is 18.5. The molecule has 0 aliphatic carbocycles. The first-order chi connectivity index (χ1) is 16.6. The van der Waals surface area contributed by atoms with Crippen LogP contribution >= 0.6 is 0 Å². The number of likely N-dealkylation sites (N-methyl/N-ethyl adjacent to an activating group) is 1. The first-order valence-electron chi connectivity index (χ1n) is 11.8. The van der Waals surface area contributed by atoms with Crippen molar-refractivity contribution in [3.8, 4) is 5.75 Å². The van der Waals surface area contributed by atoms with Gasteiger partial charge in [-0.2, -0.15) is 4.98 Å². The van der Waals surface area contributed by atoms with Gasteiger partial charge in [0.25, 0.3) is 5.95 Å². The van der Waals surface area contributed by atoms with Gasteiger partial charge in [0.1, 0.15) is 17.7 Å². The molecular weight excluding hydrogens is 434 g/mol. The van der Waals surface area contributed by atoms with Crippen molar-refractivity contribution in [2.45, 2.75) is 50.9 Å². The van der Waals surface area contributed by atoms with Crippen LogP contribution in [0, 0.1) is 0 Å². The fourth-order valence-electron chi connectivity index (χ4n) is 4.72. The van der Waals surface area contributed by atoms with Crippen LogP contribution in [0.15, 0.2) is 41.2 Å². The zero-order valence-corrected chi connectivity index (χ0v) is 19.7. The quantitative estimate of drug-likeness (QED) is 0.567. The number of amides is 1. The molecule has 0 radical (unpaired) electrons. The number of hydrogen-bond acceptors (Lipinski definition) is 8. The summed E-state index contributed by atoms with van der Waals surface area (Å²) in [6.45, 7) is 3.09. The SMILES string of the molecule is COc1ccc(C2CCN(c3noc(CCC(=O)N(C)C4Cn5ccnc5CN4)n3)CC2)cc1. The van der Waals surface area contributed by atoms with E-state index in [-0.39, 0.29) is 12.1 Å². The first kappa shape index (κ1) is 22.4. The van der Waals surface area contributed by atoms with Crippen molar-refractivity contribution in [3.63, 3.8) is 0 Å². The largest absolute Gasteiger partial charge is 0.497 e. The molecule has 2 aromatic heterocycles. The Bertz CT molecular complexity index is 1100. The fourth-order valence-corrected chi connectivity index (χ4v) is 4.72. The molecule has 0 saturated carbocycles. The van der Waals surface area contributed by atoms with Crippen LogP contribution in [0.4, 0.5) is 5.95 Å². The minimum absolute atomic E-state index is 0.0427. The van der Waals surface area contributed by atoms with E-state index in [2.05, 4.69) is 42.0 Å². The number of aromatic nitrogens is 4. The highest BCUT2D eigenvalue weighted by Gasteiger charge is 2.26. The lowest BCUT2D eigenvalue weighted by molar-refractivity contribution is -0.133. The third-order valence-electron chi connectivity index (χ3n) is 6.90. The van der Waals surface area contributed by atoms with Crippen LogP contribution in [0.3, 0.4) is 0 Å². The molecule has 3 aromatic rings. The van der Waals surface area contributed by atoms with Crippen LogP contribution in [-0.4, -0.2) is 63.9 Å². The molecule has 0 spiro atoms. The average Bonchev–Trinajstić information content (AvgIpc) is 3.56. The number of ether oxygens (including phenoxy) is 1. The topological polar surface area (TPSA) is 102 Å². The number of piperidine rings is 1. The minimum atomic E-state index is -0.0561. The summed E-state index contributed by atoms with van der Waals surface area (Å²) in [4.78, 5) is 25.5. The monoisotopic (exact) mass is 465 g/mol. The Balaban J connectivity index is 1.10. The summed E-state index contributed by atoms with van der Waals surface area (Å²) in [5.41, 5.74) is 1.34. The van der Waals surface area contributed by atoms with Gasteiger partial charge in [0.05, 0.1) is 20.2 Å². The highest BCUT2D eigenvalue weighted by molar-refractivity contribution is 5.76. The van der Waals surface area contributed by atoms with E-state index >= 15 is 0 Å². The summed E-state index contributed by atoms with van der Waals surface area (Å²) in [7, 11) is 3.51. The Morgan fingerprint density at radius 3 is 2.82 bits per heavy atom. The Labute approximate surface area is 198 Å². The number of aryl methyl sites for hydroxylation is 1. The van der Waals surface area contributed by atoms with Gasteiger partial charge in [-0.15, -0.1) is 0 Å². The van der Waals surface area contributed by atoms with Crippen molar-refractivity contribution in [2.75, 3.05) is 32.1 Å². The molecule has 4 heterocycles. The zero-order chi connectivity index (χ0) is 23.5. The molecule has 180 valence electrons. The molecule has 1 N–H and O–H groups in total. The molecule has 0 bridgehead atoms. The summed E-state index contributed by atoms with van der Waals surface area (Å²) >= 11 is 0. The van der Waals surface area contributed by atoms with Gasteiger partial charge in [0, 0.05) is 45.4 Å². The molecule has 1 amide bonds. The van der Waals surface area contributed by atoms with Crippen LogP contribution in [0.2, 0.25) is 0 Å². The van der Waals surface area contributed by atoms with Gasteiger partial charge in [0.2, 0.25) is 11.8 Å². The molecule has 1 aromatic carbocycles. The van der Waals surface area contributed by atoms with Gasteiger partial charge in [0.15, 0.2) is 0 Å². The van der Waals surface area contributed by atoms with Crippen molar-refractivity contribution >= 4 is 11.9 Å². The van der Waals surface area contributed by atoms with E-state index in [0.29, 0.717) is 43.7 Å². The Morgan fingerprint density at radius 1 is 1.26 bits per heavy atom. The molecule has 5 rings (SSSR count). The molecule has 1 atom stereocenters. The minimum Gasteiger partial charge on any atom is -0.497 e. The maximum absolute atomic E-state index is 12.7. The van der Waals surface area contributed by atoms with E-state index in [1.807, 2.05) is 25.4 Å². The number of benzene rings is 1. The van der Waals surface area contributed by atoms with Crippen LogP contribution in [0.5, 0.6) is 5.75 Å². The lowest BCUT2D eigenvalue weighted by Crippen LogP contribution is -2.51. The lowest BCUT2D eigenvalue weighted by Gasteiger charge is -2.33. The van der Waals surface area contributed by atoms with Crippen molar-refractivity contribution in [2.24, 2.45) is 0 Å². The maximum Gasteiger partial charge on any atom is 0.266 e. The molecule has 10 heteroatoms. The number of nitrogens with zero attached hydrogens (tertiary/aromatic N) is 6. The van der Waals surface area contributed by atoms with E-state index in [1.165, 1.54) is 5.56 Å². The van der Waals surface area contributed by atoms with Crippen molar-refractivity contribution in [1.82, 2.24) is 29.9 Å². The summed E-state index contributed by atoms with van der Waals surface area (Å²) in [6.07, 6.45) is 6.50. The van der Waals surface area contributed by atoms with Gasteiger partial charge in [-0.25, -0.2) is 4.98 Å². The number of fused-ring (bicyclic) bond motifs is 1. The second-order valence-corrected chi connectivity index (χ2v) is 8.92. The van der Waals surface area contributed by atoms with E-state index < -0.39 is 0 Å². The average molecular weight is 466 g/mol. The fraction of sp³-hybridized carbons (Fsp3) is 0.500. The predicted molar refractivity (Wildman–Crippen MR) is 125 cm³/mol. The van der Waals surface area contributed by atoms with Crippen LogP contribution in [-0.2, 0) is 24.3 Å². The van der Waals surface area contributed by atoms with E-state index in [1.54, 1.807) is 18.2 Å². The van der Waals surface area contributed by atoms with Gasteiger partial charge < -0.3 is 23.6 Å². The van der Waals surface area contributed by atoms with E-state index in [0.717, 1.165) is 37.5 Å². The van der Waals surface area contributed by atoms with Crippen molar-refractivity contribution < 1.29 is 14.1 Å². The Morgan fingerprint density at radius 2 is 2.06 bits per heavy atom. The smallest absolute Gasteiger partial charge is 0.266 e. The third-order valence-corrected chi connectivity index (χ3v) is 6.90. The zero-order valence-electron chi connectivity index (χ0n) is 19.7. The number of carbonyl (C=O) groups excluding carboxylic acids is 1. The maximum atomic E-state index is 12.7. The number of imidazole rings is 1. The molecule has 1 saturated heterocycles. The number of carbonyl (C=O) groups is 1. The summed E-state index contributed by atoms with van der Waals surface area (Å²) < 4.78 is 12.8. The lowest BCUT2D eigenvalue weighted by atomic mass is 9.89. The molecule has 1 fully saturated rings. The van der Waals surface area contributed by atoms with Gasteiger partial charge >= 0.3 is 0 Å². The molecule has 1 unspecified atom stereocenters. The van der Waals surface area contributed by atoms with Gasteiger partial charge in [-0.3, -0.25) is 10.1 Å². The highest BCUT2D eigenvalue weighted by Crippen LogP contribution is 2.30. The molecular formula is C24H31N7O3. The molecule has 34 heavy (non-hydrogen) atoms. The predicted octanol–water partition coefficient (Wildman–Crippen LogP) is 2.18. The first-order valence-corrected chi connectivity index (χ1v) is 11.8. The van der Waals surface area contributed by atoms with Gasteiger partial charge in [-0.1, -0.05) is 12.1 Å². The second kappa shape index (κ2) is 9.84. The Hall–Kier alpha value is -3.40. The summed E-state index contributed by atoms with van der Waals surface area (Å²) in [6, 6.07) is 8.34. The second-order valence-electron chi connectivity index (χ2n) is 8.92.